The van der Waals surface area contributed by atoms with Gasteiger partial charge in [0.25, 0.3) is 0 Å². The molecule has 1 saturated heterocycles. The molecule has 1 heterocycles. The number of morpholine rings is 1. The number of hydrogen-bond acceptors (Lipinski definition) is 4. The molecule has 0 bridgehead atoms. The quantitative estimate of drug-likeness (QED) is 0.719. The Balaban J connectivity index is 1.43. The van der Waals surface area contributed by atoms with E-state index in [0.29, 0.717) is 24.5 Å². The van der Waals surface area contributed by atoms with Gasteiger partial charge in [-0.15, -0.1) is 0 Å². The van der Waals surface area contributed by atoms with E-state index in [4.69, 9.17) is 21.1 Å². The lowest BCUT2D eigenvalue weighted by Gasteiger charge is -2.29. The molecule has 0 radical (unpaired) electrons. The molecule has 144 valence electrons. The minimum absolute atomic E-state index is 0.00284. The summed E-state index contributed by atoms with van der Waals surface area (Å²) < 4.78 is 11.0. The monoisotopic (exact) mass is 388 g/mol. The molecule has 1 amide bonds. The molecule has 0 saturated carbocycles. The summed E-state index contributed by atoms with van der Waals surface area (Å²) in [6.07, 6.45) is 1.07. The van der Waals surface area contributed by atoms with Gasteiger partial charge in [-0.1, -0.05) is 11.6 Å². The fourth-order valence-corrected chi connectivity index (χ4v) is 3.10. The standard InChI is InChI=1S/C21H25ClN2O3/c1-16-15-18(24-10-13-26-14-11-24)6-9-20(16)23-21(25)3-2-12-27-19-7-4-17(22)5-8-19/h4-9,15H,2-3,10-14H2,1H3,(H,23,25). The molecule has 3 rings (SSSR count). The Morgan fingerprint density at radius 3 is 2.63 bits per heavy atom. The number of nitrogens with zero attached hydrogens (tertiary/aromatic N) is 1. The number of benzene rings is 2. The first-order chi connectivity index (χ1) is 13.1. The Hall–Kier alpha value is -2.24. The van der Waals surface area contributed by atoms with Crippen LogP contribution in [0.5, 0.6) is 5.75 Å². The fraction of sp³-hybridized carbons (Fsp3) is 0.381. The van der Waals surface area contributed by atoms with Crippen LogP contribution in [0.25, 0.3) is 0 Å². The van der Waals surface area contributed by atoms with Crippen LogP contribution in [-0.4, -0.2) is 38.8 Å². The second-order valence-electron chi connectivity index (χ2n) is 6.55. The van der Waals surface area contributed by atoms with Gasteiger partial charge in [-0.3, -0.25) is 4.79 Å². The van der Waals surface area contributed by atoms with Crippen molar-refractivity contribution in [2.75, 3.05) is 43.1 Å². The van der Waals surface area contributed by atoms with Crippen LogP contribution in [0, 0.1) is 6.92 Å². The number of rotatable bonds is 7. The van der Waals surface area contributed by atoms with Gasteiger partial charge in [0.2, 0.25) is 5.91 Å². The number of aryl methyl sites for hydroxylation is 1. The van der Waals surface area contributed by atoms with E-state index in [9.17, 15) is 4.79 Å². The first-order valence-corrected chi connectivity index (χ1v) is 9.61. The van der Waals surface area contributed by atoms with E-state index in [2.05, 4.69) is 22.3 Å². The maximum atomic E-state index is 12.2. The Morgan fingerprint density at radius 2 is 1.93 bits per heavy atom. The van der Waals surface area contributed by atoms with E-state index in [1.54, 1.807) is 12.1 Å². The summed E-state index contributed by atoms with van der Waals surface area (Å²) in [5, 5.41) is 3.67. The minimum Gasteiger partial charge on any atom is -0.494 e. The van der Waals surface area contributed by atoms with Gasteiger partial charge < -0.3 is 19.7 Å². The summed E-state index contributed by atoms with van der Waals surface area (Å²) in [4.78, 5) is 14.5. The molecule has 0 aromatic heterocycles. The SMILES string of the molecule is Cc1cc(N2CCOCC2)ccc1NC(=O)CCCOc1ccc(Cl)cc1. The van der Waals surface area contributed by atoms with Gasteiger partial charge in [-0.2, -0.15) is 0 Å². The van der Waals surface area contributed by atoms with Crippen LogP contribution >= 0.6 is 11.6 Å². The minimum atomic E-state index is -0.00284. The van der Waals surface area contributed by atoms with Gasteiger partial charge in [0.1, 0.15) is 5.75 Å². The van der Waals surface area contributed by atoms with Crippen molar-refractivity contribution in [1.82, 2.24) is 0 Å². The third-order valence-corrected chi connectivity index (χ3v) is 4.74. The molecule has 0 atom stereocenters. The fourth-order valence-electron chi connectivity index (χ4n) is 2.97. The normalized spacial score (nSPS) is 14.1. The summed E-state index contributed by atoms with van der Waals surface area (Å²) in [6.45, 7) is 5.83. The van der Waals surface area contributed by atoms with Crippen molar-refractivity contribution < 1.29 is 14.3 Å². The maximum Gasteiger partial charge on any atom is 0.224 e. The van der Waals surface area contributed by atoms with E-state index in [0.717, 1.165) is 43.3 Å². The number of amides is 1. The summed E-state index contributed by atoms with van der Waals surface area (Å²) in [5.41, 5.74) is 3.09. The number of nitrogens with one attached hydrogen (secondary N) is 1. The average Bonchev–Trinajstić information content (AvgIpc) is 2.69. The van der Waals surface area contributed by atoms with E-state index < -0.39 is 0 Å². The van der Waals surface area contributed by atoms with Gasteiger partial charge >= 0.3 is 0 Å². The first kappa shape index (κ1) is 19.5. The van der Waals surface area contributed by atoms with Gasteiger partial charge in [0.15, 0.2) is 0 Å². The van der Waals surface area contributed by atoms with Crippen LogP contribution in [0.3, 0.4) is 0 Å². The lowest BCUT2D eigenvalue weighted by Crippen LogP contribution is -2.36. The van der Waals surface area contributed by atoms with Crippen LogP contribution in [0.15, 0.2) is 42.5 Å². The Morgan fingerprint density at radius 1 is 1.19 bits per heavy atom. The maximum absolute atomic E-state index is 12.2. The van der Waals surface area contributed by atoms with Gasteiger partial charge in [-0.25, -0.2) is 0 Å². The summed E-state index contributed by atoms with van der Waals surface area (Å²) in [6, 6.07) is 13.4. The Labute approximate surface area is 165 Å². The summed E-state index contributed by atoms with van der Waals surface area (Å²) in [5.74, 6) is 0.756. The molecule has 2 aromatic carbocycles. The molecule has 0 unspecified atom stereocenters. The smallest absolute Gasteiger partial charge is 0.224 e. The highest BCUT2D eigenvalue weighted by Gasteiger charge is 2.13. The van der Waals surface area contributed by atoms with E-state index >= 15 is 0 Å². The molecule has 1 aliphatic heterocycles. The second-order valence-corrected chi connectivity index (χ2v) is 6.99. The van der Waals surface area contributed by atoms with E-state index in [1.807, 2.05) is 25.1 Å². The average molecular weight is 389 g/mol. The van der Waals surface area contributed by atoms with E-state index in [1.165, 1.54) is 5.69 Å². The highest BCUT2D eigenvalue weighted by atomic mass is 35.5. The van der Waals surface area contributed by atoms with Gasteiger partial charge in [0, 0.05) is 35.9 Å². The zero-order valence-electron chi connectivity index (χ0n) is 15.5. The van der Waals surface area contributed by atoms with Crippen LogP contribution in [-0.2, 0) is 9.53 Å². The molecule has 5 nitrogen and oxygen atoms in total. The highest BCUT2D eigenvalue weighted by Crippen LogP contribution is 2.23. The van der Waals surface area contributed by atoms with Gasteiger partial charge in [-0.05, 0) is 61.4 Å². The van der Waals surface area contributed by atoms with Crippen LogP contribution in [0.1, 0.15) is 18.4 Å². The molecule has 1 N–H and O–H groups in total. The van der Waals surface area contributed by atoms with Crippen molar-refractivity contribution >= 4 is 28.9 Å². The molecule has 1 fully saturated rings. The van der Waals surface area contributed by atoms with Crippen molar-refractivity contribution in [1.29, 1.82) is 0 Å². The summed E-state index contributed by atoms with van der Waals surface area (Å²) in [7, 11) is 0. The number of carbonyl (C=O) groups excluding carboxylic acids is 1. The number of halogens is 1. The predicted octanol–water partition coefficient (Wildman–Crippen LogP) is 4.28. The third-order valence-electron chi connectivity index (χ3n) is 4.49. The van der Waals surface area contributed by atoms with Crippen LogP contribution < -0.4 is 15.0 Å². The lowest BCUT2D eigenvalue weighted by atomic mass is 10.1. The lowest BCUT2D eigenvalue weighted by molar-refractivity contribution is -0.116. The van der Waals surface area contributed by atoms with E-state index in [-0.39, 0.29) is 5.91 Å². The Bertz CT molecular complexity index is 759. The second kappa shape index (κ2) is 9.62. The zero-order chi connectivity index (χ0) is 19.1. The zero-order valence-corrected chi connectivity index (χ0v) is 16.3. The topological polar surface area (TPSA) is 50.8 Å². The summed E-state index contributed by atoms with van der Waals surface area (Å²) >= 11 is 5.84. The van der Waals surface area contributed by atoms with Crippen molar-refractivity contribution in [2.45, 2.75) is 19.8 Å². The highest BCUT2D eigenvalue weighted by molar-refractivity contribution is 6.30. The molecule has 1 aliphatic rings. The Kier molecular flexibility index (Phi) is 6.96. The largest absolute Gasteiger partial charge is 0.494 e. The molecule has 27 heavy (non-hydrogen) atoms. The molecular formula is C21H25ClN2O3. The van der Waals surface area contributed by atoms with Crippen LogP contribution in [0.4, 0.5) is 11.4 Å². The number of anilines is 2. The molecule has 0 spiro atoms. The first-order valence-electron chi connectivity index (χ1n) is 9.23. The van der Waals surface area contributed by atoms with Gasteiger partial charge in [0.05, 0.1) is 19.8 Å². The van der Waals surface area contributed by atoms with Crippen molar-refractivity contribution in [2.24, 2.45) is 0 Å². The molecule has 6 heteroatoms. The molecule has 2 aromatic rings. The number of carbonyl (C=O) groups is 1. The van der Waals surface area contributed by atoms with Crippen molar-refractivity contribution in [3.63, 3.8) is 0 Å². The number of hydrogen-bond donors (Lipinski definition) is 1. The van der Waals surface area contributed by atoms with Crippen molar-refractivity contribution in [3.8, 4) is 5.75 Å². The van der Waals surface area contributed by atoms with Crippen LogP contribution in [0.2, 0.25) is 5.02 Å². The molecule has 0 aliphatic carbocycles. The molecular weight excluding hydrogens is 364 g/mol. The number of ether oxygens (including phenoxy) is 2. The third kappa shape index (κ3) is 5.88. The predicted molar refractivity (Wildman–Crippen MR) is 109 cm³/mol. The van der Waals surface area contributed by atoms with Crippen molar-refractivity contribution in [3.05, 3.63) is 53.1 Å².